The summed E-state index contributed by atoms with van der Waals surface area (Å²) in [5.41, 5.74) is 1.06. The molecule has 0 atom stereocenters. The molecule has 2 aromatic carbocycles. The van der Waals surface area contributed by atoms with E-state index in [-0.39, 0.29) is 12.5 Å². The van der Waals surface area contributed by atoms with E-state index in [9.17, 15) is 4.79 Å². The van der Waals surface area contributed by atoms with Crippen molar-refractivity contribution in [3.63, 3.8) is 0 Å². The van der Waals surface area contributed by atoms with Crippen molar-refractivity contribution in [2.45, 2.75) is 26.9 Å². The monoisotopic (exact) mass is 430 g/mol. The summed E-state index contributed by atoms with van der Waals surface area (Å²) in [5.74, 6) is 1.56. The van der Waals surface area contributed by atoms with Crippen molar-refractivity contribution in [2.75, 3.05) is 13.7 Å². The van der Waals surface area contributed by atoms with Gasteiger partial charge in [-0.15, -0.1) is 10.2 Å². The minimum Gasteiger partial charge on any atom is -0.493 e. The molecule has 0 saturated carbocycles. The number of aromatic nitrogens is 2. The number of ether oxygens (including phenoxy) is 3. The predicted molar refractivity (Wildman–Crippen MR) is 112 cm³/mol. The number of rotatable bonds is 9. The van der Waals surface area contributed by atoms with Crippen molar-refractivity contribution in [1.82, 2.24) is 10.2 Å². The molecule has 0 aliphatic rings. The first kappa shape index (κ1) is 21.6. The smallest absolute Gasteiger partial charge is 0.338 e. The van der Waals surface area contributed by atoms with Crippen LogP contribution in [0.15, 0.2) is 46.9 Å². The lowest BCUT2D eigenvalue weighted by molar-refractivity contribution is 0.0438. The zero-order chi connectivity index (χ0) is 21.5. The number of hydrogen-bond acceptors (Lipinski definition) is 7. The van der Waals surface area contributed by atoms with Gasteiger partial charge in [0.2, 0.25) is 5.89 Å². The molecule has 0 spiro atoms. The van der Waals surface area contributed by atoms with Crippen molar-refractivity contribution in [2.24, 2.45) is 5.92 Å². The zero-order valence-electron chi connectivity index (χ0n) is 17.1. The number of halogens is 1. The van der Waals surface area contributed by atoms with Crippen molar-refractivity contribution in [3.8, 4) is 23.0 Å². The van der Waals surface area contributed by atoms with Crippen molar-refractivity contribution in [3.05, 3.63) is 58.9 Å². The molecule has 0 radical (unpaired) electrons. The molecule has 0 amide bonds. The first-order chi connectivity index (χ1) is 14.5. The van der Waals surface area contributed by atoms with Gasteiger partial charge in [-0.1, -0.05) is 25.4 Å². The summed E-state index contributed by atoms with van der Waals surface area (Å²) in [6, 6.07) is 11.9. The van der Waals surface area contributed by atoms with E-state index < -0.39 is 5.97 Å². The second-order valence-electron chi connectivity index (χ2n) is 6.98. The molecule has 8 heteroatoms. The van der Waals surface area contributed by atoms with Gasteiger partial charge in [-0.3, -0.25) is 0 Å². The van der Waals surface area contributed by atoms with E-state index in [1.165, 1.54) is 7.11 Å². The van der Waals surface area contributed by atoms with E-state index in [1.54, 1.807) is 42.5 Å². The van der Waals surface area contributed by atoms with Gasteiger partial charge in [-0.25, -0.2) is 4.79 Å². The SMILES string of the molecule is COc1cc(C(=O)OCc2nnc(-c3ccc(Cl)cc3)o2)ccc1OCCC(C)C. The number of hydrogen-bond donors (Lipinski definition) is 0. The third kappa shape index (κ3) is 5.73. The van der Waals surface area contributed by atoms with Crippen molar-refractivity contribution < 1.29 is 23.4 Å². The number of carbonyl (C=O) groups excluding carboxylic acids is 1. The molecule has 0 aliphatic carbocycles. The quantitative estimate of drug-likeness (QED) is 0.432. The van der Waals surface area contributed by atoms with Gasteiger partial charge >= 0.3 is 5.97 Å². The number of esters is 1. The largest absolute Gasteiger partial charge is 0.493 e. The number of nitrogens with zero attached hydrogens (tertiary/aromatic N) is 2. The van der Waals surface area contributed by atoms with Crippen LogP contribution in [-0.4, -0.2) is 29.9 Å². The molecule has 0 bridgehead atoms. The Bertz CT molecular complexity index is 985. The zero-order valence-corrected chi connectivity index (χ0v) is 17.8. The summed E-state index contributed by atoms with van der Waals surface area (Å²) in [4.78, 5) is 12.4. The molecule has 158 valence electrons. The van der Waals surface area contributed by atoms with Gasteiger partial charge in [0, 0.05) is 10.6 Å². The molecule has 0 aliphatic heterocycles. The normalized spacial score (nSPS) is 10.8. The number of methoxy groups -OCH3 is 1. The van der Waals surface area contributed by atoms with Crippen LogP contribution in [0.5, 0.6) is 11.5 Å². The molecule has 1 heterocycles. The molecule has 7 nitrogen and oxygen atoms in total. The van der Waals surface area contributed by atoms with Crippen molar-refractivity contribution in [1.29, 1.82) is 0 Å². The highest BCUT2D eigenvalue weighted by molar-refractivity contribution is 6.30. The number of carbonyl (C=O) groups is 1. The number of benzene rings is 2. The van der Waals surface area contributed by atoms with Gasteiger partial charge < -0.3 is 18.6 Å². The second-order valence-corrected chi connectivity index (χ2v) is 7.42. The Morgan fingerprint density at radius 1 is 1.10 bits per heavy atom. The Labute approximate surface area is 179 Å². The topological polar surface area (TPSA) is 83.7 Å². The van der Waals surface area contributed by atoms with Crippen LogP contribution >= 0.6 is 11.6 Å². The molecule has 0 fully saturated rings. The minimum atomic E-state index is -0.534. The van der Waals surface area contributed by atoms with Crippen LogP contribution in [0.3, 0.4) is 0 Å². The summed E-state index contributed by atoms with van der Waals surface area (Å²) in [5, 5.41) is 8.47. The van der Waals surface area contributed by atoms with Gasteiger partial charge in [-0.2, -0.15) is 0 Å². The highest BCUT2D eigenvalue weighted by Gasteiger charge is 2.15. The summed E-state index contributed by atoms with van der Waals surface area (Å²) in [6.07, 6.45) is 0.926. The molecule has 1 aromatic heterocycles. The van der Waals surface area contributed by atoms with Crippen LogP contribution in [0.2, 0.25) is 5.02 Å². The fourth-order valence-electron chi connectivity index (χ4n) is 2.55. The van der Waals surface area contributed by atoms with E-state index in [1.807, 2.05) is 0 Å². The lowest BCUT2D eigenvalue weighted by Gasteiger charge is -2.12. The third-order valence-corrected chi connectivity index (χ3v) is 4.49. The van der Waals surface area contributed by atoms with Crippen LogP contribution in [0.25, 0.3) is 11.5 Å². The molecular formula is C22H23ClN2O5. The summed E-state index contributed by atoms with van der Waals surface area (Å²) in [6.45, 7) is 4.68. The Balaban J connectivity index is 1.60. The highest BCUT2D eigenvalue weighted by Crippen LogP contribution is 2.29. The van der Waals surface area contributed by atoms with E-state index in [0.717, 1.165) is 12.0 Å². The summed E-state index contributed by atoms with van der Waals surface area (Å²) >= 11 is 5.87. The third-order valence-electron chi connectivity index (χ3n) is 4.24. The molecule has 0 saturated heterocycles. The second kappa shape index (κ2) is 10.1. The Kier molecular flexibility index (Phi) is 7.30. The average molecular weight is 431 g/mol. The summed E-state index contributed by atoms with van der Waals surface area (Å²) in [7, 11) is 1.52. The Morgan fingerprint density at radius 3 is 2.57 bits per heavy atom. The van der Waals surface area contributed by atoms with E-state index in [0.29, 0.717) is 40.5 Å². The van der Waals surface area contributed by atoms with Gasteiger partial charge in [0.1, 0.15) is 0 Å². The first-order valence-electron chi connectivity index (χ1n) is 9.52. The maximum atomic E-state index is 12.4. The standard InChI is InChI=1S/C22H23ClN2O5/c1-14(2)10-11-28-18-9-6-16(12-19(18)27-3)22(26)29-13-20-24-25-21(30-20)15-4-7-17(23)8-5-15/h4-9,12,14H,10-11,13H2,1-3H3. The minimum absolute atomic E-state index is 0.144. The lowest BCUT2D eigenvalue weighted by atomic mass is 10.1. The van der Waals surface area contributed by atoms with E-state index in [4.69, 9.17) is 30.2 Å². The van der Waals surface area contributed by atoms with Gasteiger partial charge in [0.05, 0.1) is 19.3 Å². The molecule has 30 heavy (non-hydrogen) atoms. The van der Waals surface area contributed by atoms with Gasteiger partial charge in [0.25, 0.3) is 5.89 Å². The van der Waals surface area contributed by atoms with E-state index in [2.05, 4.69) is 24.0 Å². The first-order valence-corrected chi connectivity index (χ1v) is 9.90. The maximum absolute atomic E-state index is 12.4. The molecule has 3 aromatic rings. The van der Waals surface area contributed by atoms with Crippen molar-refractivity contribution >= 4 is 17.6 Å². The molecule has 0 unspecified atom stereocenters. The summed E-state index contributed by atoms with van der Waals surface area (Å²) < 4.78 is 21.9. The van der Waals surface area contributed by atoms with E-state index >= 15 is 0 Å². The fraction of sp³-hybridized carbons (Fsp3) is 0.318. The highest BCUT2D eigenvalue weighted by atomic mass is 35.5. The van der Waals surface area contributed by atoms with Crippen LogP contribution in [-0.2, 0) is 11.3 Å². The van der Waals surface area contributed by atoms with Gasteiger partial charge in [0.15, 0.2) is 18.1 Å². The molecule has 3 rings (SSSR count). The average Bonchev–Trinajstić information content (AvgIpc) is 3.21. The Morgan fingerprint density at radius 2 is 1.87 bits per heavy atom. The predicted octanol–water partition coefficient (Wildman–Crippen LogP) is 5.18. The lowest BCUT2D eigenvalue weighted by Crippen LogP contribution is -2.07. The maximum Gasteiger partial charge on any atom is 0.338 e. The van der Waals surface area contributed by atoms with Crippen LogP contribution in [0.1, 0.15) is 36.5 Å². The fourth-order valence-corrected chi connectivity index (χ4v) is 2.68. The van der Waals surface area contributed by atoms with Crippen LogP contribution < -0.4 is 9.47 Å². The van der Waals surface area contributed by atoms with Gasteiger partial charge in [-0.05, 0) is 54.8 Å². The van der Waals surface area contributed by atoms with Crippen LogP contribution in [0, 0.1) is 5.92 Å². The molecular weight excluding hydrogens is 408 g/mol. The molecule has 0 N–H and O–H groups in total. The Hall–Kier alpha value is -3.06. The van der Waals surface area contributed by atoms with Crippen LogP contribution in [0.4, 0.5) is 0 Å².